The summed E-state index contributed by atoms with van der Waals surface area (Å²) in [5.74, 6) is -1.25. The largest absolute Gasteiger partial charge is 0.432 e. The molecular weight excluding hydrogens is 400 g/mol. The Balaban J connectivity index is 2.87. The number of primary amides is 1. The van der Waals surface area contributed by atoms with Gasteiger partial charge in [-0.15, -0.1) is 0 Å². The lowest BCUT2D eigenvalue weighted by molar-refractivity contribution is -0.143. The zero-order valence-electron chi connectivity index (χ0n) is 12.9. The highest BCUT2D eigenvalue weighted by Crippen LogP contribution is 2.29. The van der Waals surface area contributed by atoms with Crippen molar-refractivity contribution in [1.29, 1.82) is 0 Å². The van der Waals surface area contributed by atoms with Crippen LogP contribution in [0.2, 0.25) is 5.02 Å². The van der Waals surface area contributed by atoms with E-state index in [9.17, 15) is 36.7 Å². The van der Waals surface area contributed by atoms with Gasteiger partial charge in [-0.3, -0.25) is 9.59 Å². The summed E-state index contributed by atoms with van der Waals surface area (Å²) in [6, 6.07) is -0.449. The summed E-state index contributed by atoms with van der Waals surface area (Å²) in [5, 5.41) is 2.15. The molecule has 1 aromatic carbocycles. The lowest BCUT2D eigenvalue weighted by atomic mass is 10.2. The predicted octanol–water partition coefficient (Wildman–Crippen LogP) is 1.26. The second-order valence-corrected chi connectivity index (χ2v) is 5.35. The molecule has 0 atom stereocenters. The summed E-state index contributed by atoms with van der Waals surface area (Å²) >= 11 is 5.75. The predicted molar refractivity (Wildman–Crippen MR) is 85.4 cm³/mol. The Labute approximate surface area is 151 Å². The average molecular weight is 408 g/mol. The summed E-state index contributed by atoms with van der Waals surface area (Å²) < 4.78 is 52.6. The normalized spacial score (nSPS) is 11.3. The number of amides is 1. The van der Waals surface area contributed by atoms with Crippen LogP contribution in [0.3, 0.4) is 0 Å². The Morgan fingerprint density at radius 2 is 1.89 bits per heavy atom. The van der Waals surface area contributed by atoms with Gasteiger partial charge in [0.25, 0.3) is 5.56 Å². The lowest BCUT2D eigenvalue weighted by Gasteiger charge is -2.16. The van der Waals surface area contributed by atoms with Crippen LogP contribution in [0.25, 0.3) is 5.69 Å². The van der Waals surface area contributed by atoms with Crippen LogP contribution < -0.4 is 22.3 Å². The van der Waals surface area contributed by atoms with Crippen molar-refractivity contribution >= 4 is 29.6 Å². The van der Waals surface area contributed by atoms with Gasteiger partial charge in [0.15, 0.2) is 0 Å². The zero-order chi connectivity index (χ0) is 20.5. The van der Waals surface area contributed by atoms with E-state index in [1.54, 1.807) is 0 Å². The number of rotatable bonds is 4. The molecule has 0 aliphatic carbocycles. The second kappa shape index (κ2) is 7.23. The van der Waals surface area contributed by atoms with Gasteiger partial charge in [-0.1, -0.05) is 11.6 Å². The van der Waals surface area contributed by atoms with E-state index >= 15 is 0 Å². The molecule has 0 saturated carbocycles. The monoisotopic (exact) mass is 407 g/mol. The van der Waals surface area contributed by atoms with Gasteiger partial charge >= 0.3 is 17.9 Å². The van der Waals surface area contributed by atoms with Gasteiger partial charge in [-0.05, 0) is 12.1 Å². The SMILES string of the molecule is NC(=O)n1c(C(F)(F)F)cc(=O)n(-c2cc(NC[C]=O)c(Cl)cc2F)c1=O. The topological polar surface area (TPSA) is 116 Å². The molecule has 2 rings (SSSR count). The third kappa shape index (κ3) is 3.84. The van der Waals surface area contributed by atoms with E-state index in [2.05, 4.69) is 5.32 Å². The number of aromatic nitrogens is 2. The van der Waals surface area contributed by atoms with E-state index in [0.717, 1.165) is 6.07 Å². The van der Waals surface area contributed by atoms with Gasteiger partial charge in [0, 0.05) is 6.07 Å². The number of hydrogen-bond acceptors (Lipinski definition) is 5. The van der Waals surface area contributed by atoms with Crippen molar-refractivity contribution in [1.82, 2.24) is 9.13 Å². The third-order valence-corrected chi connectivity index (χ3v) is 3.56. The Morgan fingerprint density at radius 1 is 1.26 bits per heavy atom. The number of nitrogens with one attached hydrogen (secondary N) is 1. The van der Waals surface area contributed by atoms with E-state index in [1.165, 1.54) is 6.29 Å². The maximum atomic E-state index is 14.2. The summed E-state index contributed by atoms with van der Waals surface area (Å²) in [7, 11) is 0. The summed E-state index contributed by atoms with van der Waals surface area (Å²) in [6.45, 7) is -0.391. The number of anilines is 1. The number of nitrogens with two attached hydrogens (primary N) is 1. The van der Waals surface area contributed by atoms with Crippen LogP contribution in [0.4, 0.5) is 28.0 Å². The van der Waals surface area contributed by atoms with Crippen molar-refractivity contribution in [3.63, 3.8) is 0 Å². The second-order valence-electron chi connectivity index (χ2n) is 4.94. The summed E-state index contributed by atoms with van der Waals surface area (Å²) in [6.07, 6.45) is -3.80. The zero-order valence-corrected chi connectivity index (χ0v) is 13.7. The Morgan fingerprint density at radius 3 is 2.41 bits per heavy atom. The lowest BCUT2D eigenvalue weighted by Crippen LogP contribution is -2.46. The number of carbonyl (C=O) groups is 1. The number of carbonyl (C=O) groups excluding carboxylic acids is 2. The first-order valence-corrected chi connectivity index (χ1v) is 7.21. The molecule has 0 unspecified atom stereocenters. The molecule has 1 radical (unpaired) electrons. The van der Waals surface area contributed by atoms with Crippen molar-refractivity contribution in [2.24, 2.45) is 5.73 Å². The van der Waals surface area contributed by atoms with Gasteiger partial charge in [0.05, 0.1) is 22.9 Å². The molecule has 27 heavy (non-hydrogen) atoms. The van der Waals surface area contributed by atoms with Crippen molar-refractivity contribution in [2.75, 3.05) is 11.9 Å². The highest BCUT2D eigenvalue weighted by molar-refractivity contribution is 6.33. The first-order chi connectivity index (χ1) is 12.5. The molecule has 1 aromatic heterocycles. The molecule has 3 N–H and O–H groups in total. The van der Waals surface area contributed by atoms with Crippen LogP contribution >= 0.6 is 11.6 Å². The molecule has 0 aliphatic rings. The maximum absolute atomic E-state index is 14.2. The van der Waals surface area contributed by atoms with Crippen molar-refractivity contribution in [3.05, 3.63) is 55.6 Å². The van der Waals surface area contributed by atoms with Gasteiger partial charge in [-0.25, -0.2) is 23.1 Å². The molecule has 8 nitrogen and oxygen atoms in total. The Kier molecular flexibility index (Phi) is 5.40. The highest BCUT2D eigenvalue weighted by Gasteiger charge is 2.37. The van der Waals surface area contributed by atoms with Crippen LogP contribution in [-0.2, 0) is 11.0 Å². The van der Waals surface area contributed by atoms with E-state index < -0.39 is 51.8 Å². The van der Waals surface area contributed by atoms with Crippen LogP contribution in [0, 0.1) is 5.82 Å². The van der Waals surface area contributed by atoms with Gasteiger partial charge < -0.3 is 11.1 Å². The van der Waals surface area contributed by atoms with Crippen molar-refractivity contribution in [2.45, 2.75) is 6.18 Å². The molecule has 13 heteroatoms. The number of hydrogen-bond donors (Lipinski definition) is 2. The first-order valence-electron chi connectivity index (χ1n) is 6.83. The van der Waals surface area contributed by atoms with E-state index in [1.807, 2.05) is 0 Å². The molecule has 143 valence electrons. The minimum atomic E-state index is -5.25. The third-order valence-electron chi connectivity index (χ3n) is 3.24. The van der Waals surface area contributed by atoms with Crippen LogP contribution in [-0.4, -0.2) is 28.0 Å². The maximum Gasteiger partial charge on any atom is 0.432 e. The minimum Gasteiger partial charge on any atom is -0.376 e. The Hall–Kier alpha value is -3.15. The number of halogens is 5. The number of nitrogens with zero attached hydrogens (tertiary/aromatic N) is 2. The molecule has 0 spiro atoms. The molecular formula is C14H8ClF4N4O4. The van der Waals surface area contributed by atoms with E-state index in [0.29, 0.717) is 6.07 Å². The molecule has 0 fully saturated rings. The molecule has 1 amide bonds. The van der Waals surface area contributed by atoms with E-state index in [-0.39, 0.29) is 21.3 Å². The van der Waals surface area contributed by atoms with Crippen molar-refractivity contribution < 1.29 is 27.2 Å². The summed E-state index contributed by atoms with van der Waals surface area (Å²) in [4.78, 5) is 46.0. The van der Waals surface area contributed by atoms with Crippen LogP contribution in [0.1, 0.15) is 5.69 Å². The standard InChI is InChI=1S/C14H8ClF4N4O4/c15-6-3-7(16)9(4-8(6)21-1-2-24)22-11(25)5-10(14(17,18)19)23(12(20)26)13(22)27/h3-5,21H,1H2,(H2,20,26). The van der Waals surface area contributed by atoms with Crippen LogP contribution in [0.5, 0.6) is 0 Å². The molecule has 1 heterocycles. The fourth-order valence-corrected chi connectivity index (χ4v) is 2.38. The number of alkyl halides is 3. The Bertz CT molecular complexity index is 1050. The number of benzene rings is 1. The minimum absolute atomic E-state index is 0.0263. The highest BCUT2D eigenvalue weighted by atomic mass is 35.5. The smallest absolute Gasteiger partial charge is 0.376 e. The molecule has 2 aromatic rings. The molecule has 0 aliphatic heterocycles. The summed E-state index contributed by atoms with van der Waals surface area (Å²) in [5.41, 5.74) is -1.44. The fraction of sp³-hybridized carbons (Fsp3) is 0.143. The van der Waals surface area contributed by atoms with E-state index in [4.69, 9.17) is 17.3 Å². The van der Waals surface area contributed by atoms with Gasteiger partial charge in [-0.2, -0.15) is 13.2 Å². The molecule has 0 saturated heterocycles. The van der Waals surface area contributed by atoms with Gasteiger partial charge in [0.1, 0.15) is 11.5 Å². The quantitative estimate of drug-likeness (QED) is 0.740. The van der Waals surface area contributed by atoms with Crippen LogP contribution in [0.15, 0.2) is 27.8 Å². The first kappa shape index (κ1) is 20.2. The van der Waals surface area contributed by atoms with Gasteiger partial charge in [0.2, 0.25) is 6.29 Å². The average Bonchev–Trinajstić information content (AvgIpc) is 2.53. The fourth-order valence-electron chi connectivity index (χ4n) is 2.16. The van der Waals surface area contributed by atoms with Crippen molar-refractivity contribution in [3.8, 4) is 5.69 Å². The molecule has 0 bridgehead atoms.